The van der Waals surface area contributed by atoms with Gasteiger partial charge in [-0.25, -0.2) is 0 Å². The Bertz CT molecular complexity index is 930. The molecule has 0 saturated carbocycles. The van der Waals surface area contributed by atoms with Gasteiger partial charge >= 0.3 is 0 Å². The number of benzene rings is 2. The van der Waals surface area contributed by atoms with Crippen LogP contribution in [-0.2, 0) is 24.2 Å². The van der Waals surface area contributed by atoms with E-state index in [0.29, 0.717) is 18.8 Å². The summed E-state index contributed by atoms with van der Waals surface area (Å²) in [6.07, 6.45) is 3.75. The van der Waals surface area contributed by atoms with Gasteiger partial charge in [0.1, 0.15) is 0 Å². The molecule has 1 aromatic heterocycles. The SMILES string of the molecule is Cc1ccc(-c2nnn(CCC(=O)Nc3ccc4c(c3)CCC4)n2)cc1. The number of amides is 1. The molecule has 1 heterocycles. The fourth-order valence-electron chi connectivity index (χ4n) is 3.23. The second-order valence-electron chi connectivity index (χ2n) is 6.71. The molecule has 132 valence electrons. The van der Waals surface area contributed by atoms with Crippen LogP contribution in [0.1, 0.15) is 29.5 Å². The van der Waals surface area contributed by atoms with Crippen LogP contribution >= 0.6 is 0 Å². The van der Waals surface area contributed by atoms with Gasteiger partial charge < -0.3 is 5.32 Å². The first-order valence-electron chi connectivity index (χ1n) is 8.94. The van der Waals surface area contributed by atoms with Gasteiger partial charge in [0.15, 0.2) is 0 Å². The highest BCUT2D eigenvalue weighted by Crippen LogP contribution is 2.25. The van der Waals surface area contributed by atoms with Crippen LogP contribution in [0.2, 0.25) is 0 Å². The molecule has 0 atom stereocenters. The molecule has 6 nitrogen and oxygen atoms in total. The van der Waals surface area contributed by atoms with Crippen LogP contribution < -0.4 is 5.32 Å². The molecule has 0 saturated heterocycles. The van der Waals surface area contributed by atoms with Crippen molar-refractivity contribution < 1.29 is 4.79 Å². The van der Waals surface area contributed by atoms with Crippen molar-refractivity contribution in [2.24, 2.45) is 0 Å². The van der Waals surface area contributed by atoms with E-state index in [2.05, 4.69) is 32.9 Å². The maximum absolute atomic E-state index is 12.2. The average Bonchev–Trinajstić information content (AvgIpc) is 3.29. The molecule has 0 aliphatic heterocycles. The van der Waals surface area contributed by atoms with E-state index in [9.17, 15) is 4.79 Å². The summed E-state index contributed by atoms with van der Waals surface area (Å²) in [4.78, 5) is 13.7. The monoisotopic (exact) mass is 347 g/mol. The van der Waals surface area contributed by atoms with Crippen LogP contribution in [0.4, 0.5) is 5.69 Å². The minimum Gasteiger partial charge on any atom is -0.326 e. The summed E-state index contributed by atoms with van der Waals surface area (Å²) in [6.45, 7) is 2.43. The van der Waals surface area contributed by atoms with E-state index in [1.165, 1.54) is 27.9 Å². The number of rotatable bonds is 5. The van der Waals surface area contributed by atoms with Gasteiger partial charge in [-0.1, -0.05) is 35.9 Å². The lowest BCUT2D eigenvalue weighted by molar-refractivity contribution is -0.116. The third kappa shape index (κ3) is 3.64. The van der Waals surface area contributed by atoms with E-state index in [4.69, 9.17) is 0 Å². The fraction of sp³-hybridized carbons (Fsp3) is 0.300. The number of carbonyl (C=O) groups excluding carboxylic acids is 1. The van der Waals surface area contributed by atoms with E-state index < -0.39 is 0 Å². The van der Waals surface area contributed by atoms with Crippen LogP contribution in [0.25, 0.3) is 11.4 Å². The summed E-state index contributed by atoms with van der Waals surface area (Å²) in [5.74, 6) is 0.529. The Kier molecular flexibility index (Phi) is 4.48. The van der Waals surface area contributed by atoms with Crippen molar-refractivity contribution in [1.29, 1.82) is 0 Å². The summed E-state index contributed by atoms with van der Waals surface area (Å²) in [5.41, 5.74) is 5.72. The van der Waals surface area contributed by atoms with Crippen LogP contribution in [-0.4, -0.2) is 26.1 Å². The van der Waals surface area contributed by atoms with Gasteiger partial charge in [-0.2, -0.15) is 4.80 Å². The molecule has 26 heavy (non-hydrogen) atoms. The third-order valence-corrected chi connectivity index (χ3v) is 4.68. The number of tetrazole rings is 1. The van der Waals surface area contributed by atoms with Crippen molar-refractivity contribution in [3.05, 3.63) is 59.2 Å². The zero-order valence-electron chi connectivity index (χ0n) is 14.8. The molecule has 4 rings (SSSR count). The second kappa shape index (κ2) is 7.07. The fourth-order valence-corrected chi connectivity index (χ4v) is 3.23. The zero-order chi connectivity index (χ0) is 17.9. The van der Waals surface area contributed by atoms with Gasteiger partial charge in [-0.15, -0.1) is 10.2 Å². The molecule has 1 aliphatic carbocycles. The number of hydrogen-bond donors (Lipinski definition) is 1. The first-order chi connectivity index (χ1) is 12.7. The van der Waals surface area contributed by atoms with Gasteiger partial charge in [0.2, 0.25) is 11.7 Å². The highest BCUT2D eigenvalue weighted by molar-refractivity contribution is 5.90. The van der Waals surface area contributed by atoms with Crippen LogP contribution in [0.5, 0.6) is 0 Å². The van der Waals surface area contributed by atoms with Gasteiger partial charge in [-0.3, -0.25) is 4.79 Å². The van der Waals surface area contributed by atoms with Crippen LogP contribution in [0.3, 0.4) is 0 Å². The molecule has 0 radical (unpaired) electrons. The lowest BCUT2D eigenvalue weighted by Gasteiger charge is -2.07. The first kappa shape index (κ1) is 16.4. The van der Waals surface area contributed by atoms with E-state index in [0.717, 1.165) is 24.1 Å². The van der Waals surface area contributed by atoms with Crippen LogP contribution in [0.15, 0.2) is 42.5 Å². The highest BCUT2D eigenvalue weighted by Gasteiger charge is 2.12. The van der Waals surface area contributed by atoms with Crippen LogP contribution in [0, 0.1) is 6.92 Å². The Morgan fingerprint density at radius 3 is 2.77 bits per heavy atom. The summed E-state index contributed by atoms with van der Waals surface area (Å²) < 4.78 is 0. The van der Waals surface area contributed by atoms with Gasteiger partial charge in [-0.05, 0) is 54.7 Å². The van der Waals surface area contributed by atoms with Gasteiger partial charge in [0.25, 0.3) is 0 Å². The van der Waals surface area contributed by atoms with E-state index >= 15 is 0 Å². The van der Waals surface area contributed by atoms with Crippen molar-refractivity contribution in [2.45, 2.75) is 39.2 Å². The lowest BCUT2D eigenvalue weighted by Crippen LogP contribution is -2.15. The quantitative estimate of drug-likeness (QED) is 0.769. The summed E-state index contributed by atoms with van der Waals surface area (Å²) in [7, 11) is 0. The van der Waals surface area contributed by atoms with Crippen molar-refractivity contribution in [2.75, 3.05) is 5.32 Å². The standard InChI is InChI=1S/C20H21N5O/c1-14-5-7-16(8-6-14)20-22-24-25(23-20)12-11-19(26)21-18-10-9-15-3-2-4-17(15)13-18/h5-10,13H,2-4,11-12H2,1H3,(H,21,26). The topological polar surface area (TPSA) is 72.7 Å². The predicted octanol–water partition coefficient (Wildman–Crippen LogP) is 3.17. The molecule has 2 aromatic carbocycles. The summed E-state index contributed by atoms with van der Waals surface area (Å²) in [6, 6.07) is 14.1. The Hall–Kier alpha value is -3.02. The van der Waals surface area contributed by atoms with Crippen molar-refractivity contribution in [3.8, 4) is 11.4 Å². The number of hydrogen-bond acceptors (Lipinski definition) is 4. The first-order valence-corrected chi connectivity index (χ1v) is 8.94. The Labute approximate surface area is 152 Å². The molecule has 0 bridgehead atoms. The molecule has 1 N–H and O–H groups in total. The van der Waals surface area contributed by atoms with E-state index in [-0.39, 0.29) is 5.91 Å². The number of fused-ring (bicyclic) bond motifs is 1. The number of aryl methyl sites for hydroxylation is 4. The molecule has 0 spiro atoms. The molecule has 6 heteroatoms. The summed E-state index contributed by atoms with van der Waals surface area (Å²) >= 11 is 0. The van der Waals surface area contributed by atoms with Crippen molar-refractivity contribution in [1.82, 2.24) is 20.2 Å². The molecule has 1 aliphatic rings. The third-order valence-electron chi connectivity index (χ3n) is 4.68. The molecular formula is C20H21N5O. The van der Waals surface area contributed by atoms with Gasteiger partial charge in [0.05, 0.1) is 6.54 Å². The number of anilines is 1. The van der Waals surface area contributed by atoms with E-state index in [1.54, 1.807) is 0 Å². The second-order valence-corrected chi connectivity index (χ2v) is 6.71. The predicted molar refractivity (Wildman–Crippen MR) is 99.7 cm³/mol. The number of nitrogens with zero attached hydrogens (tertiary/aromatic N) is 4. The zero-order valence-corrected chi connectivity index (χ0v) is 14.8. The van der Waals surface area contributed by atoms with Gasteiger partial charge in [0, 0.05) is 17.7 Å². The minimum absolute atomic E-state index is 0.0443. The molecule has 0 unspecified atom stereocenters. The molecule has 3 aromatic rings. The number of carbonyl (C=O) groups is 1. The Morgan fingerprint density at radius 1 is 1.12 bits per heavy atom. The van der Waals surface area contributed by atoms with E-state index in [1.807, 2.05) is 37.3 Å². The average molecular weight is 347 g/mol. The largest absolute Gasteiger partial charge is 0.326 e. The lowest BCUT2D eigenvalue weighted by atomic mass is 10.1. The maximum atomic E-state index is 12.2. The summed E-state index contributed by atoms with van der Waals surface area (Å²) in [5, 5.41) is 15.4. The van der Waals surface area contributed by atoms with Crippen molar-refractivity contribution in [3.63, 3.8) is 0 Å². The van der Waals surface area contributed by atoms with Crippen molar-refractivity contribution >= 4 is 11.6 Å². The molecule has 1 amide bonds. The molecular weight excluding hydrogens is 326 g/mol. The highest BCUT2D eigenvalue weighted by atomic mass is 16.1. The number of aromatic nitrogens is 4. The minimum atomic E-state index is -0.0443. The maximum Gasteiger partial charge on any atom is 0.226 e. The normalized spacial score (nSPS) is 12.8. The number of nitrogens with one attached hydrogen (secondary N) is 1. The molecule has 0 fully saturated rings. The smallest absolute Gasteiger partial charge is 0.226 e. The Balaban J connectivity index is 1.34. The Morgan fingerprint density at radius 2 is 1.92 bits per heavy atom.